The zero-order valence-corrected chi connectivity index (χ0v) is 11.9. The van der Waals surface area contributed by atoms with Gasteiger partial charge in [0, 0.05) is 14.2 Å². The van der Waals surface area contributed by atoms with E-state index in [2.05, 4.69) is 15.0 Å². The minimum atomic E-state index is -0.336. The highest BCUT2D eigenvalue weighted by atomic mass is 16.5. The summed E-state index contributed by atoms with van der Waals surface area (Å²) in [5.74, 6) is 0.346. The zero-order chi connectivity index (χ0) is 15.8. The Bertz CT molecular complexity index is 574. The molecule has 9 nitrogen and oxygen atoms in total. The summed E-state index contributed by atoms with van der Waals surface area (Å²) in [7, 11) is 2.00. The molecule has 0 aromatic carbocycles. The van der Waals surface area contributed by atoms with Crippen molar-refractivity contribution in [3.05, 3.63) is 12.7 Å². The molecule has 2 atom stereocenters. The number of aliphatic hydroxyl groups excluding tert-OH is 2. The summed E-state index contributed by atoms with van der Waals surface area (Å²) in [6, 6.07) is 0. The van der Waals surface area contributed by atoms with E-state index in [-0.39, 0.29) is 12.3 Å². The molecule has 0 spiro atoms. The summed E-state index contributed by atoms with van der Waals surface area (Å²) in [6.07, 6.45) is 4.77. The van der Waals surface area contributed by atoms with Crippen molar-refractivity contribution in [2.75, 3.05) is 20.0 Å². The molecule has 3 rings (SSSR count). The molecule has 2 unspecified atom stereocenters. The molecule has 0 bridgehead atoms. The van der Waals surface area contributed by atoms with Crippen molar-refractivity contribution in [2.45, 2.75) is 25.2 Å². The number of imidazole rings is 1. The second kappa shape index (κ2) is 8.25. The van der Waals surface area contributed by atoms with Crippen LogP contribution in [0.1, 0.15) is 19.1 Å². The van der Waals surface area contributed by atoms with Gasteiger partial charge in [-0.15, -0.1) is 0 Å². The lowest BCUT2D eigenvalue weighted by Crippen LogP contribution is -2.11. The van der Waals surface area contributed by atoms with Gasteiger partial charge in [-0.1, -0.05) is 0 Å². The second-order valence-corrected chi connectivity index (χ2v) is 3.93. The van der Waals surface area contributed by atoms with E-state index >= 15 is 0 Å². The molecular weight excluding hydrogens is 278 g/mol. The maximum absolute atomic E-state index is 10.6. The van der Waals surface area contributed by atoms with Crippen LogP contribution in [-0.2, 0) is 9.53 Å². The number of carbonyl (C=O) groups excluding carboxylic acids is 1. The van der Waals surface area contributed by atoms with Gasteiger partial charge < -0.3 is 25.5 Å². The number of nitrogens with two attached hydrogens (primary N) is 1. The smallest absolute Gasteiger partial charge is 0.167 e. The summed E-state index contributed by atoms with van der Waals surface area (Å²) in [5.41, 5.74) is 6.89. The first kappa shape index (κ1) is 17.0. The van der Waals surface area contributed by atoms with Gasteiger partial charge >= 0.3 is 0 Å². The summed E-state index contributed by atoms with van der Waals surface area (Å²) in [5, 5.41) is 14.0. The maximum atomic E-state index is 10.6. The number of carbonyl (C=O) groups is 1. The number of ether oxygens (including phenoxy) is 1. The number of nitrogen functional groups attached to an aromatic ring is 1. The third-order valence-electron chi connectivity index (χ3n) is 2.88. The predicted octanol–water partition coefficient (Wildman–Crippen LogP) is -0.498. The van der Waals surface area contributed by atoms with Gasteiger partial charge in [0.15, 0.2) is 11.5 Å². The lowest BCUT2D eigenvalue weighted by atomic mass is 10.2. The highest BCUT2D eigenvalue weighted by Crippen LogP contribution is 2.29. The zero-order valence-electron chi connectivity index (χ0n) is 11.9. The van der Waals surface area contributed by atoms with Crippen LogP contribution in [0.3, 0.4) is 0 Å². The molecule has 3 heterocycles. The molecule has 2 aromatic heterocycles. The molecule has 0 radical (unpaired) electrons. The fraction of sp³-hybridized carbons (Fsp3) is 0.500. The van der Waals surface area contributed by atoms with Crippen molar-refractivity contribution in [1.82, 2.24) is 19.5 Å². The van der Waals surface area contributed by atoms with Crippen molar-refractivity contribution in [2.24, 2.45) is 0 Å². The number of nitrogens with zero attached hydrogens (tertiary/aromatic N) is 4. The molecule has 4 N–H and O–H groups in total. The number of anilines is 1. The Labute approximate surface area is 121 Å². The summed E-state index contributed by atoms with van der Waals surface area (Å²) in [4.78, 5) is 22.8. The number of fused-ring (bicyclic) bond motifs is 1. The van der Waals surface area contributed by atoms with Crippen molar-refractivity contribution in [3.63, 3.8) is 0 Å². The normalized spacial score (nSPS) is 20.2. The van der Waals surface area contributed by atoms with Crippen molar-refractivity contribution < 1.29 is 19.7 Å². The molecule has 9 heteroatoms. The first-order chi connectivity index (χ1) is 10.3. The van der Waals surface area contributed by atoms with Crippen LogP contribution in [0.15, 0.2) is 12.7 Å². The molecule has 1 aliphatic heterocycles. The predicted molar refractivity (Wildman–Crippen MR) is 75.2 cm³/mol. The van der Waals surface area contributed by atoms with Gasteiger partial charge in [-0.2, -0.15) is 0 Å². The SMILES string of the molecule is CO.CO.Nc1ncnc2c1ncn2C1CCC(C=O)O1. The molecule has 0 amide bonds. The van der Waals surface area contributed by atoms with E-state index in [4.69, 9.17) is 20.7 Å². The third-order valence-corrected chi connectivity index (χ3v) is 2.88. The molecule has 1 aliphatic rings. The number of hydrogen-bond acceptors (Lipinski definition) is 8. The highest BCUT2D eigenvalue weighted by Gasteiger charge is 2.27. The Hall–Kier alpha value is -2.10. The largest absolute Gasteiger partial charge is 0.400 e. The van der Waals surface area contributed by atoms with Gasteiger partial charge in [-0.3, -0.25) is 4.57 Å². The topological polar surface area (TPSA) is 136 Å². The maximum Gasteiger partial charge on any atom is 0.167 e. The molecule has 1 saturated heterocycles. The van der Waals surface area contributed by atoms with E-state index in [0.717, 1.165) is 26.9 Å². The number of hydrogen-bond donors (Lipinski definition) is 3. The Kier molecular flexibility index (Phi) is 6.66. The number of aliphatic hydroxyl groups is 2. The fourth-order valence-electron chi connectivity index (χ4n) is 2.03. The van der Waals surface area contributed by atoms with E-state index in [9.17, 15) is 4.79 Å². The number of aldehydes is 1. The van der Waals surface area contributed by atoms with Crippen LogP contribution >= 0.6 is 0 Å². The Balaban J connectivity index is 0.000000510. The summed E-state index contributed by atoms with van der Waals surface area (Å²) >= 11 is 0. The van der Waals surface area contributed by atoms with E-state index < -0.39 is 0 Å². The molecule has 0 aliphatic carbocycles. The van der Waals surface area contributed by atoms with Crippen molar-refractivity contribution >= 4 is 23.3 Å². The minimum Gasteiger partial charge on any atom is -0.400 e. The van der Waals surface area contributed by atoms with Crippen LogP contribution in [0.2, 0.25) is 0 Å². The third kappa shape index (κ3) is 3.51. The van der Waals surface area contributed by atoms with Gasteiger partial charge in [0.25, 0.3) is 0 Å². The molecule has 0 saturated carbocycles. The van der Waals surface area contributed by atoms with E-state index in [0.29, 0.717) is 23.4 Å². The Morgan fingerprint density at radius 2 is 2.00 bits per heavy atom. The molecule has 1 fully saturated rings. The minimum absolute atomic E-state index is 0.204. The van der Waals surface area contributed by atoms with E-state index in [1.54, 1.807) is 10.9 Å². The molecular formula is C12H19N5O4. The van der Waals surface area contributed by atoms with Gasteiger partial charge in [-0.05, 0) is 12.8 Å². The first-order valence-electron chi connectivity index (χ1n) is 6.23. The van der Waals surface area contributed by atoms with Crippen LogP contribution in [0.5, 0.6) is 0 Å². The van der Waals surface area contributed by atoms with Crippen molar-refractivity contribution in [3.8, 4) is 0 Å². The van der Waals surface area contributed by atoms with Crippen molar-refractivity contribution in [1.29, 1.82) is 0 Å². The first-order valence-corrected chi connectivity index (χ1v) is 6.23. The lowest BCUT2D eigenvalue weighted by molar-refractivity contribution is -0.119. The van der Waals surface area contributed by atoms with Crippen LogP contribution in [0.4, 0.5) is 5.82 Å². The summed E-state index contributed by atoms with van der Waals surface area (Å²) < 4.78 is 7.35. The average Bonchev–Trinajstić information content (AvgIpc) is 3.18. The Morgan fingerprint density at radius 1 is 1.29 bits per heavy atom. The standard InChI is InChI=1S/C10H11N5O2.2CH4O/c11-9-8-10(13-4-12-9)15(5-14-8)7-2-1-6(3-16)17-7;2*1-2/h3-7H,1-2H2,(H2,11,12,13);2*2H,1H3. The second-order valence-electron chi connectivity index (χ2n) is 3.93. The molecule has 116 valence electrons. The molecule has 2 aromatic rings. The quantitative estimate of drug-likeness (QED) is 0.631. The Morgan fingerprint density at radius 3 is 2.62 bits per heavy atom. The molecule has 21 heavy (non-hydrogen) atoms. The average molecular weight is 297 g/mol. The van der Waals surface area contributed by atoms with E-state index in [1.165, 1.54) is 6.33 Å². The van der Waals surface area contributed by atoms with Crippen LogP contribution in [0.25, 0.3) is 11.2 Å². The number of rotatable bonds is 2. The monoisotopic (exact) mass is 297 g/mol. The van der Waals surface area contributed by atoms with Crippen LogP contribution < -0.4 is 5.73 Å². The van der Waals surface area contributed by atoms with Gasteiger partial charge in [0.2, 0.25) is 0 Å². The van der Waals surface area contributed by atoms with Gasteiger partial charge in [-0.25, -0.2) is 15.0 Å². The lowest BCUT2D eigenvalue weighted by Gasteiger charge is -2.12. The van der Waals surface area contributed by atoms with Gasteiger partial charge in [0.1, 0.15) is 30.5 Å². The summed E-state index contributed by atoms with van der Waals surface area (Å²) in [6.45, 7) is 0. The van der Waals surface area contributed by atoms with Crippen LogP contribution in [0, 0.1) is 0 Å². The highest BCUT2D eigenvalue weighted by molar-refractivity contribution is 5.81. The van der Waals surface area contributed by atoms with Gasteiger partial charge in [0.05, 0.1) is 6.33 Å². The number of aromatic nitrogens is 4. The van der Waals surface area contributed by atoms with Crippen LogP contribution in [-0.4, -0.2) is 56.3 Å². The fourth-order valence-corrected chi connectivity index (χ4v) is 2.03. The van der Waals surface area contributed by atoms with E-state index in [1.807, 2.05) is 0 Å².